The third-order valence-corrected chi connectivity index (χ3v) is 3.30. The lowest BCUT2D eigenvalue weighted by Gasteiger charge is -2.37. The molecule has 96 valence electrons. The predicted octanol–water partition coefficient (Wildman–Crippen LogP) is 2.76. The average Bonchev–Trinajstić information content (AvgIpc) is 2.68. The minimum atomic E-state index is 0.0142. The summed E-state index contributed by atoms with van der Waals surface area (Å²) in [5, 5.41) is 3.67. The summed E-state index contributed by atoms with van der Waals surface area (Å²) in [7, 11) is 0. The number of hydrogen-bond acceptors (Lipinski definition) is 3. The molecule has 0 saturated carbocycles. The minimum Gasteiger partial charge on any atom is -0.469 e. The topological polar surface area (TPSA) is 34.4 Å². The normalized spacial score (nSPS) is 25.7. The highest BCUT2D eigenvalue weighted by atomic mass is 16.5. The van der Waals surface area contributed by atoms with Crippen LogP contribution in [-0.2, 0) is 11.2 Å². The van der Waals surface area contributed by atoms with Crippen molar-refractivity contribution in [3.05, 3.63) is 24.2 Å². The smallest absolute Gasteiger partial charge is 0.105 e. The van der Waals surface area contributed by atoms with Gasteiger partial charge in [0.05, 0.1) is 11.9 Å². The summed E-state index contributed by atoms with van der Waals surface area (Å²) in [5.41, 5.74) is 0.0142. The molecule has 1 N–H and O–H groups in total. The molecule has 1 saturated heterocycles. The maximum absolute atomic E-state index is 5.72. The van der Waals surface area contributed by atoms with Crippen LogP contribution in [0.15, 0.2) is 22.8 Å². The van der Waals surface area contributed by atoms with E-state index in [2.05, 4.69) is 26.1 Å². The van der Waals surface area contributed by atoms with E-state index in [9.17, 15) is 0 Å². The molecule has 2 atom stereocenters. The molecule has 1 fully saturated rings. The van der Waals surface area contributed by atoms with Gasteiger partial charge in [0.25, 0.3) is 0 Å². The monoisotopic (exact) mass is 237 g/mol. The first-order valence-electron chi connectivity index (χ1n) is 6.47. The van der Waals surface area contributed by atoms with E-state index in [1.807, 2.05) is 12.1 Å². The Kier molecular flexibility index (Phi) is 3.89. The number of ether oxygens (including phenoxy) is 1. The third kappa shape index (κ3) is 3.86. The van der Waals surface area contributed by atoms with Crippen molar-refractivity contribution in [1.29, 1.82) is 0 Å². The maximum Gasteiger partial charge on any atom is 0.105 e. The van der Waals surface area contributed by atoms with E-state index in [4.69, 9.17) is 9.15 Å². The molecule has 1 aromatic heterocycles. The van der Waals surface area contributed by atoms with Gasteiger partial charge in [-0.25, -0.2) is 0 Å². The lowest BCUT2D eigenvalue weighted by molar-refractivity contribution is -0.0639. The van der Waals surface area contributed by atoms with Gasteiger partial charge >= 0.3 is 0 Å². The number of nitrogens with one attached hydrogen (secondary N) is 1. The van der Waals surface area contributed by atoms with E-state index >= 15 is 0 Å². The van der Waals surface area contributed by atoms with E-state index < -0.39 is 0 Å². The minimum absolute atomic E-state index is 0.0142. The van der Waals surface area contributed by atoms with Crippen molar-refractivity contribution in [2.75, 3.05) is 6.61 Å². The van der Waals surface area contributed by atoms with E-state index in [-0.39, 0.29) is 5.60 Å². The van der Waals surface area contributed by atoms with Crippen molar-refractivity contribution in [3.8, 4) is 0 Å². The van der Waals surface area contributed by atoms with Gasteiger partial charge in [-0.05, 0) is 45.7 Å². The molecular formula is C14H23NO2. The first-order valence-corrected chi connectivity index (χ1v) is 6.47. The average molecular weight is 237 g/mol. The summed E-state index contributed by atoms with van der Waals surface area (Å²) in [6.07, 6.45) is 4.87. The Bertz CT molecular complexity index is 332. The highest BCUT2D eigenvalue weighted by Crippen LogP contribution is 2.24. The number of hydrogen-bond donors (Lipinski definition) is 1. The van der Waals surface area contributed by atoms with Crippen LogP contribution < -0.4 is 5.32 Å². The van der Waals surface area contributed by atoms with Crippen molar-refractivity contribution in [2.24, 2.45) is 0 Å². The highest BCUT2D eigenvalue weighted by molar-refractivity contribution is 5.00. The largest absolute Gasteiger partial charge is 0.469 e. The van der Waals surface area contributed by atoms with E-state index in [1.54, 1.807) is 6.26 Å². The van der Waals surface area contributed by atoms with Gasteiger partial charge in [-0.1, -0.05) is 0 Å². The van der Waals surface area contributed by atoms with Crippen LogP contribution in [0.1, 0.15) is 39.4 Å². The second kappa shape index (κ2) is 5.23. The first kappa shape index (κ1) is 12.7. The molecule has 1 aromatic rings. The summed E-state index contributed by atoms with van der Waals surface area (Å²) in [5.74, 6) is 1.05. The molecule has 0 radical (unpaired) electrons. The first-order chi connectivity index (χ1) is 8.05. The van der Waals surface area contributed by atoms with Crippen LogP contribution in [0.4, 0.5) is 0 Å². The summed E-state index contributed by atoms with van der Waals surface area (Å²) in [4.78, 5) is 0. The van der Waals surface area contributed by atoms with E-state index in [0.717, 1.165) is 31.6 Å². The second-order valence-electron chi connectivity index (χ2n) is 5.65. The van der Waals surface area contributed by atoms with Crippen LogP contribution in [0.5, 0.6) is 0 Å². The van der Waals surface area contributed by atoms with Crippen molar-refractivity contribution in [3.63, 3.8) is 0 Å². The Labute approximate surface area is 104 Å². The molecule has 2 heterocycles. The zero-order chi connectivity index (χ0) is 12.3. The highest BCUT2D eigenvalue weighted by Gasteiger charge is 2.29. The standard InChI is InChI=1S/C14H23NO2/c1-11(9-13-5-4-7-16-13)15-12-6-8-17-14(2,3)10-12/h4-5,7,11-12,15H,6,8-10H2,1-3H3. The van der Waals surface area contributed by atoms with Crippen molar-refractivity contribution in [1.82, 2.24) is 5.32 Å². The molecule has 2 rings (SSSR count). The third-order valence-electron chi connectivity index (χ3n) is 3.30. The molecule has 17 heavy (non-hydrogen) atoms. The van der Waals surface area contributed by atoms with Gasteiger partial charge in [0, 0.05) is 25.1 Å². The zero-order valence-electron chi connectivity index (χ0n) is 11.0. The Balaban J connectivity index is 1.80. The van der Waals surface area contributed by atoms with E-state index in [1.165, 1.54) is 0 Å². The predicted molar refractivity (Wildman–Crippen MR) is 68.1 cm³/mol. The van der Waals surface area contributed by atoms with Gasteiger partial charge in [0.2, 0.25) is 0 Å². The summed E-state index contributed by atoms with van der Waals surface area (Å²) in [6.45, 7) is 7.40. The van der Waals surface area contributed by atoms with Crippen LogP contribution in [-0.4, -0.2) is 24.3 Å². The Morgan fingerprint density at radius 2 is 2.35 bits per heavy atom. The molecule has 0 aromatic carbocycles. The van der Waals surface area contributed by atoms with Crippen LogP contribution in [0.25, 0.3) is 0 Å². The lowest BCUT2D eigenvalue weighted by Crippen LogP contribution is -2.47. The maximum atomic E-state index is 5.72. The Hall–Kier alpha value is -0.800. The van der Waals surface area contributed by atoms with Gasteiger partial charge in [-0.2, -0.15) is 0 Å². The summed E-state index contributed by atoms with van der Waals surface area (Å²) < 4.78 is 11.1. The Morgan fingerprint density at radius 3 is 3.00 bits per heavy atom. The van der Waals surface area contributed by atoms with Gasteiger partial charge in [-0.15, -0.1) is 0 Å². The summed E-state index contributed by atoms with van der Waals surface area (Å²) >= 11 is 0. The van der Waals surface area contributed by atoms with Crippen LogP contribution in [0.3, 0.4) is 0 Å². The lowest BCUT2D eigenvalue weighted by atomic mass is 9.93. The molecule has 3 nitrogen and oxygen atoms in total. The van der Waals surface area contributed by atoms with Gasteiger partial charge in [-0.3, -0.25) is 0 Å². The van der Waals surface area contributed by atoms with Crippen LogP contribution in [0.2, 0.25) is 0 Å². The fourth-order valence-electron chi connectivity index (χ4n) is 2.57. The second-order valence-corrected chi connectivity index (χ2v) is 5.65. The van der Waals surface area contributed by atoms with Gasteiger partial charge < -0.3 is 14.5 Å². The number of furan rings is 1. The number of rotatable bonds is 4. The summed E-state index contributed by atoms with van der Waals surface area (Å²) in [6, 6.07) is 4.98. The Morgan fingerprint density at radius 1 is 1.53 bits per heavy atom. The van der Waals surface area contributed by atoms with Crippen molar-refractivity contribution in [2.45, 2.75) is 57.7 Å². The molecule has 1 aliphatic heterocycles. The SMILES string of the molecule is CC(Cc1ccco1)NC1CCOC(C)(C)C1. The van der Waals surface area contributed by atoms with Crippen LogP contribution in [0, 0.1) is 0 Å². The van der Waals surface area contributed by atoms with E-state index in [0.29, 0.717) is 12.1 Å². The molecule has 1 aliphatic rings. The van der Waals surface area contributed by atoms with Crippen molar-refractivity contribution < 1.29 is 9.15 Å². The fourth-order valence-corrected chi connectivity index (χ4v) is 2.57. The quantitative estimate of drug-likeness (QED) is 0.874. The molecule has 0 aliphatic carbocycles. The van der Waals surface area contributed by atoms with Crippen molar-refractivity contribution >= 4 is 0 Å². The molecule has 0 amide bonds. The fraction of sp³-hybridized carbons (Fsp3) is 0.714. The molecule has 0 bridgehead atoms. The molecule has 3 heteroatoms. The zero-order valence-corrected chi connectivity index (χ0v) is 11.0. The van der Waals surface area contributed by atoms with Crippen LogP contribution >= 0.6 is 0 Å². The molecule has 2 unspecified atom stereocenters. The van der Waals surface area contributed by atoms with Gasteiger partial charge in [0.1, 0.15) is 5.76 Å². The molecular weight excluding hydrogens is 214 g/mol. The molecule has 0 spiro atoms. The van der Waals surface area contributed by atoms with Gasteiger partial charge in [0.15, 0.2) is 0 Å².